The van der Waals surface area contributed by atoms with Gasteiger partial charge in [0.2, 0.25) is 0 Å². The summed E-state index contributed by atoms with van der Waals surface area (Å²) < 4.78 is 10.5. The molecule has 0 bridgehead atoms. The Kier molecular flexibility index (Phi) is 2.64. The van der Waals surface area contributed by atoms with Crippen LogP contribution in [0.2, 0.25) is 0 Å². The normalized spacial score (nSPS) is 11.0. The lowest BCUT2D eigenvalue weighted by Gasteiger charge is -2.05. The second-order valence-electron chi connectivity index (χ2n) is 3.94. The molecule has 2 rings (SSSR count). The van der Waals surface area contributed by atoms with Gasteiger partial charge in [-0.05, 0) is 12.1 Å². The second kappa shape index (κ2) is 3.96. The third kappa shape index (κ3) is 2.05. The molecule has 0 radical (unpaired) electrons. The van der Waals surface area contributed by atoms with E-state index in [4.69, 9.17) is 9.15 Å². The summed E-state index contributed by atoms with van der Waals surface area (Å²) in [6.07, 6.45) is 0. The summed E-state index contributed by atoms with van der Waals surface area (Å²) >= 11 is 0. The molecule has 0 aliphatic carbocycles. The molecule has 0 unspecified atom stereocenters. The average molecular weight is 219 g/mol. The van der Waals surface area contributed by atoms with Crippen LogP contribution in [0.1, 0.15) is 19.7 Å². The van der Waals surface area contributed by atoms with Crippen LogP contribution in [0.3, 0.4) is 0 Å². The first kappa shape index (κ1) is 10.7. The Bertz CT molecular complexity index is 528. The van der Waals surface area contributed by atoms with Gasteiger partial charge in [0.15, 0.2) is 11.5 Å². The Morgan fingerprint density at radius 2 is 2.19 bits per heavy atom. The van der Waals surface area contributed by atoms with Crippen LogP contribution in [0.25, 0.3) is 11.1 Å². The molecule has 4 heteroatoms. The highest BCUT2D eigenvalue weighted by Gasteiger charge is 2.11. The fourth-order valence-electron chi connectivity index (χ4n) is 1.32. The van der Waals surface area contributed by atoms with E-state index in [9.17, 15) is 4.79 Å². The molecule has 16 heavy (non-hydrogen) atoms. The van der Waals surface area contributed by atoms with E-state index in [1.54, 1.807) is 39.0 Å². The predicted octanol–water partition coefficient (Wildman–Crippen LogP) is 2.70. The molecule has 0 fully saturated rings. The van der Waals surface area contributed by atoms with Gasteiger partial charge >= 0.3 is 5.97 Å². The summed E-state index contributed by atoms with van der Waals surface area (Å²) in [6.45, 7) is 5.36. The quantitative estimate of drug-likeness (QED) is 0.575. The molecule has 1 aromatic heterocycles. The standard InChI is InChI=1S/C12H13NO3/c1-7(2)12(14)16-9-4-5-10-11(6-9)15-8(3)13-10/h4-7H,1-3H3. The third-order valence-electron chi connectivity index (χ3n) is 2.16. The first-order valence-electron chi connectivity index (χ1n) is 5.15. The molecule has 2 aromatic rings. The van der Waals surface area contributed by atoms with Crippen molar-refractivity contribution in [1.82, 2.24) is 4.98 Å². The number of esters is 1. The van der Waals surface area contributed by atoms with Gasteiger partial charge in [0.1, 0.15) is 11.3 Å². The average Bonchev–Trinajstić information content (AvgIpc) is 2.57. The molecular weight excluding hydrogens is 206 g/mol. The lowest BCUT2D eigenvalue weighted by Crippen LogP contribution is -2.14. The van der Waals surface area contributed by atoms with E-state index in [1.165, 1.54) is 0 Å². The molecule has 0 amide bonds. The fraction of sp³-hybridized carbons (Fsp3) is 0.333. The smallest absolute Gasteiger partial charge is 0.313 e. The molecular formula is C12H13NO3. The third-order valence-corrected chi connectivity index (χ3v) is 2.16. The summed E-state index contributed by atoms with van der Waals surface area (Å²) in [5.41, 5.74) is 1.40. The Hall–Kier alpha value is -1.84. The minimum absolute atomic E-state index is 0.146. The van der Waals surface area contributed by atoms with Crippen LogP contribution in [0, 0.1) is 12.8 Å². The van der Waals surface area contributed by atoms with E-state index in [0.717, 1.165) is 5.52 Å². The van der Waals surface area contributed by atoms with Crippen LogP contribution in [0.4, 0.5) is 0 Å². The van der Waals surface area contributed by atoms with E-state index in [0.29, 0.717) is 17.2 Å². The van der Waals surface area contributed by atoms with E-state index >= 15 is 0 Å². The number of aryl methyl sites for hydroxylation is 1. The van der Waals surface area contributed by atoms with Gasteiger partial charge in [0.25, 0.3) is 0 Å². The predicted molar refractivity (Wildman–Crippen MR) is 59.2 cm³/mol. The first-order chi connectivity index (χ1) is 7.56. The van der Waals surface area contributed by atoms with Crippen molar-refractivity contribution in [2.24, 2.45) is 5.92 Å². The van der Waals surface area contributed by atoms with Gasteiger partial charge in [-0.2, -0.15) is 0 Å². The van der Waals surface area contributed by atoms with Gasteiger partial charge in [-0.1, -0.05) is 13.8 Å². The number of ether oxygens (including phenoxy) is 1. The molecule has 4 nitrogen and oxygen atoms in total. The van der Waals surface area contributed by atoms with Crippen molar-refractivity contribution in [1.29, 1.82) is 0 Å². The monoisotopic (exact) mass is 219 g/mol. The van der Waals surface area contributed by atoms with Gasteiger partial charge in [0, 0.05) is 13.0 Å². The second-order valence-corrected chi connectivity index (χ2v) is 3.94. The number of carbonyl (C=O) groups is 1. The molecule has 0 saturated carbocycles. The van der Waals surface area contributed by atoms with Gasteiger partial charge in [-0.25, -0.2) is 4.98 Å². The molecule has 84 valence electrons. The van der Waals surface area contributed by atoms with E-state index < -0.39 is 0 Å². The van der Waals surface area contributed by atoms with Gasteiger partial charge in [-0.3, -0.25) is 4.79 Å². The highest BCUT2D eigenvalue weighted by molar-refractivity contribution is 5.78. The van der Waals surface area contributed by atoms with Crippen molar-refractivity contribution in [3.05, 3.63) is 24.1 Å². The zero-order chi connectivity index (χ0) is 11.7. The van der Waals surface area contributed by atoms with E-state index in [1.807, 2.05) is 0 Å². The number of rotatable bonds is 2. The van der Waals surface area contributed by atoms with Crippen LogP contribution in [-0.2, 0) is 4.79 Å². The van der Waals surface area contributed by atoms with Gasteiger partial charge in [0.05, 0.1) is 5.92 Å². The Morgan fingerprint density at radius 1 is 1.44 bits per heavy atom. The van der Waals surface area contributed by atoms with Gasteiger partial charge < -0.3 is 9.15 Å². The minimum Gasteiger partial charge on any atom is -0.441 e. The zero-order valence-corrected chi connectivity index (χ0v) is 9.48. The Labute approximate surface area is 93.2 Å². The topological polar surface area (TPSA) is 52.3 Å². The maximum atomic E-state index is 11.4. The zero-order valence-electron chi connectivity index (χ0n) is 9.48. The van der Waals surface area contributed by atoms with Crippen LogP contribution in [-0.4, -0.2) is 11.0 Å². The fourth-order valence-corrected chi connectivity index (χ4v) is 1.32. The maximum Gasteiger partial charge on any atom is 0.313 e. The first-order valence-corrected chi connectivity index (χ1v) is 5.15. The molecule has 1 aromatic carbocycles. The van der Waals surface area contributed by atoms with Crippen LogP contribution < -0.4 is 4.74 Å². The number of benzene rings is 1. The highest BCUT2D eigenvalue weighted by atomic mass is 16.5. The Balaban J connectivity index is 2.29. The lowest BCUT2D eigenvalue weighted by atomic mass is 10.2. The maximum absolute atomic E-state index is 11.4. The molecule has 0 spiro atoms. The molecule has 0 atom stereocenters. The van der Waals surface area contributed by atoms with Crippen LogP contribution >= 0.6 is 0 Å². The number of fused-ring (bicyclic) bond motifs is 1. The summed E-state index contributed by atoms with van der Waals surface area (Å²) in [5.74, 6) is 0.687. The number of hydrogen-bond acceptors (Lipinski definition) is 4. The van der Waals surface area contributed by atoms with Crippen LogP contribution in [0.5, 0.6) is 5.75 Å². The highest BCUT2D eigenvalue weighted by Crippen LogP contribution is 2.21. The molecule has 0 aliphatic heterocycles. The minimum atomic E-state index is -0.254. The molecule has 0 saturated heterocycles. The summed E-state index contributed by atoms with van der Waals surface area (Å²) in [6, 6.07) is 5.16. The van der Waals surface area contributed by atoms with Crippen molar-refractivity contribution < 1.29 is 13.9 Å². The van der Waals surface area contributed by atoms with Crippen molar-refractivity contribution in [3.63, 3.8) is 0 Å². The Morgan fingerprint density at radius 3 is 2.88 bits per heavy atom. The summed E-state index contributed by atoms with van der Waals surface area (Å²) in [4.78, 5) is 15.5. The van der Waals surface area contributed by atoms with Crippen LogP contribution in [0.15, 0.2) is 22.6 Å². The molecule has 1 heterocycles. The van der Waals surface area contributed by atoms with Crippen molar-refractivity contribution in [2.75, 3.05) is 0 Å². The van der Waals surface area contributed by atoms with Crippen molar-refractivity contribution in [3.8, 4) is 5.75 Å². The number of hydrogen-bond donors (Lipinski definition) is 0. The van der Waals surface area contributed by atoms with E-state index in [-0.39, 0.29) is 11.9 Å². The van der Waals surface area contributed by atoms with Crippen molar-refractivity contribution >= 4 is 17.1 Å². The number of aromatic nitrogens is 1. The largest absolute Gasteiger partial charge is 0.441 e. The molecule has 0 N–H and O–H groups in total. The lowest BCUT2D eigenvalue weighted by molar-refractivity contribution is -0.137. The van der Waals surface area contributed by atoms with E-state index in [2.05, 4.69) is 4.98 Å². The number of oxazole rings is 1. The summed E-state index contributed by atoms with van der Waals surface area (Å²) in [7, 11) is 0. The number of nitrogens with zero attached hydrogens (tertiary/aromatic N) is 1. The molecule has 0 aliphatic rings. The van der Waals surface area contributed by atoms with Crippen molar-refractivity contribution in [2.45, 2.75) is 20.8 Å². The number of carbonyl (C=O) groups excluding carboxylic acids is 1. The summed E-state index contributed by atoms with van der Waals surface area (Å²) in [5, 5.41) is 0. The SMILES string of the molecule is Cc1nc2ccc(OC(=O)C(C)C)cc2o1. The van der Waals surface area contributed by atoms with Gasteiger partial charge in [-0.15, -0.1) is 0 Å².